The summed E-state index contributed by atoms with van der Waals surface area (Å²) in [5, 5.41) is 2.04. The van der Waals surface area contributed by atoms with Crippen LogP contribution >= 0.6 is 11.3 Å². The van der Waals surface area contributed by atoms with Crippen LogP contribution in [0.5, 0.6) is 5.75 Å². The summed E-state index contributed by atoms with van der Waals surface area (Å²) >= 11 is 1.68. The van der Waals surface area contributed by atoms with E-state index in [4.69, 9.17) is 10.5 Å². The van der Waals surface area contributed by atoms with E-state index in [0.29, 0.717) is 6.61 Å². The lowest BCUT2D eigenvalue weighted by Gasteiger charge is -2.11. The van der Waals surface area contributed by atoms with E-state index in [9.17, 15) is 0 Å². The molecule has 84 valence electrons. The standard InChI is InChI=1S/C13H15NOS/c1-2-15-11-6-3-5-10(9-11)13(14)12-7-4-8-16-12/h3-9,13H,2,14H2,1H3/t13-/m0/s1. The Labute approximate surface area is 99.7 Å². The number of benzene rings is 1. The van der Waals surface area contributed by atoms with Crippen LogP contribution in [-0.2, 0) is 0 Å². The summed E-state index contributed by atoms with van der Waals surface area (Å²) in [6.07, 6.45) is 0. The molecule has 3 heteroatoms. The molecule has 1 aromatic heterocycles. The first-order valence-electron chi connectivity index (χ1n) is 5.33. The highest BCUT2D eigenvalue weighted by Gasteiger charge is 2.10. The monoisotopic (exact) mass is 233 g/mol. The minimum absolute atomic E-state index is 0.0552. The highest BCUT2D eigenvalue weighted by molar-refractivity contribution is 7.10. The van der Waals surface area contributed by atoms with Gasteiger partial charge in [-0.3, -0.25) is 0 Å². The van der Waals surface area contributed by atoms with Gasteiger partial charge in [0.25, 0.3) is 0 Å². The number of hydrogen-bond donors (Lipinski definition) is 1. The SMILES string of the molecule is CCOc1cccc([C@H](N)c2cccs2)c1. The van der Waals surface area contributed by atoms with Crippen molar-refractivity contribution in [2.75, 3.05) is 6.61 Å². The van der Waals surface area contributed by atoms with Crippen molar-refractivity contribution in [1.29, 1.82) is 0 Å². The van der Waals surface area contributed by atoms with Gasteiger partial charge in [-0.25, -0.2) is 0 Å². The summed E-state index contributed by atoms with van der Waals surface area (Å²) in [5.41, 5.74) is 7.27. The van der Waals surface area contributed by atoms with Gasteiger partial charge in [0.15, 0.2) is 0 Å². The largest absolute Gasteiger partial charge is 0.494 e. The van der Waals surface area contributed by atoms with E-state index in [1.807, 2.05) is 42.6 Å². The lowest BCUT2D eigenvalue weighted by atomic mass is 10.1. The fourth-order valence-electron chi connectivity index (χ4n) is 1.60. The van der Waals surface area contributed by atoms with Crippen LogP contribution in [-0.4, -0.2) is 6.61 Å². The zero-order valence-electron chi connectivity index (χ0n) is 9.22. The summed E-state index contributed by atoms with van der Waals surface area (Å²) < 4.78 is 5.46. The first kappa shape index (κ1) is 11.2. The highest BCUT2D eigenvalue weighted by Crippen LogP contribution is 2.26. The summed E-state index contributed by atoms with van der Waals surface area (Å²) in [6.45, 7) is 2.66. The Hall–Kier alpha value is -1.32. The lowest BCUT2D eigenvalue weighted by molar-refractivity contribution is 0.340. The summed E-state index contributed by atoms with van der Waals surface area (Å²) in [5.74, 6) is 0.881. The van der Waals surface area contributed by atoms with Gasteiger partial charge in [-0.2, -0.15) is 0 Å². The normalized spacial score (nSPS) is 12.4. The van der Waals surface area contributed by atoms with Gasteiger partial charge >= 0.3 is 0 Å². The molecule has 0 aliphatic carbocycles. The van der Waals surface area contributed by atoms with E-state index in [0.717, 1.165) is 11.3 Å². The van der Waals surface area contributed by atoms with Crippen molar-refractivity contribution in [1.82, 2.24) is 0 Å². The van der Waals surface area contributed by atoms with Crippen molar-refractivity contribution in [2.24, 2.45) is 5.73 Å². The molecule has 0 saturated carbocycles. The van der Waals surface area contributed by atoms with Crippen LogP contribution in [0.1, 0.15) is 23.4 Å². The molecule has 2 aromatic rings. The van der Waals surface area contributed by atoms with Crippen LogP contribution in [0.3, 0.4) is 0 Å². The number of nitrogens with two attached hydrogens (primary N) is 1. The van der Waals surface area contributed by atoms with E-state index in [1.165, 1.54) is 4.88 Å². The second-order valence-electron chi connectivity index (χ2n) is 3.50. The quantitative estimate of drug-likeness (QED) is 0.880. The second-order valence-corrected chi connectivity index (χ2v) is 4.48. The Morgan fingerprint density at radius 1 is 1.31 bits per heavy atom. The molecule has 2 N–H and O–H groups in total. The third kappa shape index (κ3) is 2.43. The number of hydrogen-bond acceptors (Lipinski definition) is 3. The Kier molecular flexibility index (Phi) is 3.59. The van der Waals surface area contributed by atoms with Gasteiger partial charge in [0, 0.05) is 4.88 Å². The van der Waals surface area contributed by atoms with Crippen molar-refractivity contribution in [3.8, 4) is 5.75 Å². The molecule has 0 aliphatic rings. The van der Waals surface area contributed by atoms with Gasteiger partial charge in [-0.1, -0.05) is 18.2 Å². The Bertz CT molecular complexity index is 439. The summed E-state index contributed by atoms with van der Waals surface area (Å²) in [7, 11) is 0. The van der Waals surface area contributed by atoms with Gasteiger partial charge in [-0.15, -0.1) is 11.3 Å². The molecule has 2 nitrogen and oxygen atoms in total. The van der Waals surface area contributed by atoms with Gasteiger partial charge in [0.1, 0.15) is 5.75 Å². The van der Waals surface area contributed by atoms with Crippen molar-refractivity contribution in [2.45, 2.75) is 13.0 Å². The first-order valence-corrected chi connectivity index (χ1v) is 6.21. The zero-order valence-corrected chi connectivity index (χ0v) is 10.0. The van der Waals surface area contributed by atoms with Crippen LogP contribution in [0, 0.1) is 0 Å². The zero-order chi connectivity index (χ0) is 11.4. The molecule has 2 rings (SSSR count). The maximum absolute atomic E-state index is 6.18. The molecule has 0 spiro atoms. The summed E-state index contributed by atoms with van der Waals surface area (Å²) in [4.78, 5) is 1.17. The molecule has 0 radical (unpaired) electrons. The Morgan fingerprint density at radius 2 is 2.19 bits per heavy atom. The molecule has 0 bridgehead atoms. The average Bonchev–Trinajstić information content (AvgIpc) is 2.82. The van der Waals surface area contributed by atoms with Crippen molar-refractivity contribution in [3.05, 3.63) is 52.2 Å². The van der Waals surface area contributed by atoms with Crippen molar-refractivity contribution >= 4 is 11.3 Å². The third-order valence-corrected chi connectivity index (χ3v) is 3.33. The Balaban J connectivity index is 2.23. The molecule has 0 amide bonds. The molecule has 1 aromatic carbocycles. The van der Waals surface area contributed by atoms with Gasteiger partial charge < -0.3 is 10.5 Å². The highest BCUT2D eigenvalue weighted by atomic mass is 32.1. The van der Waals surface area contributed by atoms with E-state index in [-0.39, 0.29) is 6.04 Å². The molecule has 1 heterocycles. The number of ether oxygens (including phenoxy) is 1. The maximum atomic E-state index is 6.18. The molecule has 16 heavy (non-hydrogen) atoms. The van der Waals surface area contributed by atoms with E-state index >= 15 is 0 Å². The molecular weight excluding hydrogens is 218 g/mol. The predicted molar refractivity (Wildman–Crippen MR) is 68.0 cm³/mol. The first-order chi connectivity index (χ1) is 7.81. The fourth-order valence-corrected chi connectivity index (χ4v) is 2.35. The minimum Gasteiger partial charge on any atom is -0.494 e. The maximum Gasteiger partial charge on any atom is 0.119 e. The van der Waals surface area contributed by atoms with Gasteiger partial charge in [-0.05, 0) is 36.1 Å². The summed E-state index contributed by atoms with van der Waals surface area (Å²) in [6, 6.07) is 12.0. The third-order valence-electron chi connectivity index (χ3n) is 2.38. The van der Waals surface area contributed by atoms with E-state index < -0.39 is 0 Å². The molecular formula is C13H15NOS. The number of rotatable bonds is 4. The van der Waals surface area contributed by atoms with Crippen molar-refractivity contribution in [3.63, 3.8) is 0 Å². The fraction of sp³-hybridized carbons (Fsp3) is 0.231. The van der Waals surface area contributed by atoms with E-state index in [1.54, 1.807) is 11.3 Å². The smallest absolute Gasteiger partial charge is 0.119 e. The molecule has 0 saturated heterocycles. The van der Waals surface area contributed by atoms with Crippen LogP contribution < -0.4 is 10.5 Å². The van der Waals surface area contributed by atoms with Crippen LogP contribution in [0.15, 0.2) is 41.8 Å². The van der Waals surface area contributed by atoms with Crippen LogP contribution in [0.25, 0.3) is 0 Å². The van der Waals surface area contributed by atoms with E-state index in [2.05, 4.69) is 6.07 Å². The molecule has 0 fully saturated rings. The lowest BCUT2D eigenvalue weighted by Crippen LogP contribution is -2.10. The van der Waals surface area contributed by atoms with Crippen LogP contribution in [0.4, 0.5) is 0 Å². The van der Waals surface area contributed by atoms with Gasteiger partial charge in [0.05, 0.1) is 12.6 Å². The van der Waals surface area contributed by atoms with Crippen LogP contribution in [0.2, 0.25) is 0 Å². The Morgan fingerprint density at radius 3 is 2.88 bits per heavy atom. The molecule has 1 atom stereocenters. The predicted octanol–water partition coefficient (Wildman–Crippen LogP) is 3.19. The molecule has 0 aliphatic heterocycles. The molecule has 0 unspecified atom stereocenters. The number of thiophene rings is 1. The topological polar surface area (TPSA) is 35.2 Å². The van der Waals surface area contributed by atoms with Gasteiger partial charge in [0.2, 0.25) is 0 Å². The second kappa shape index (κ2) is 5.14. The minimum atomic E-state index is -0.0552. The van der Waals surface area contributed by atoms with Crippen molar-refractivity contribution < 1.29 is 4.74 Å². The average molecular weight is 233 g/mol.